The van der Waals surface area contributed by atoms with E-state index in [2.05, 4.69) is 4.98 Å². The fourth-order valence-electron chi connectivity index (χ4n) is 2.84. The van der Waals surface area contributed by atoms with E-state index in [0.29, 0.717) is 11.3 Å². The lowest BCUT2D eigenvalue weighted by Gasteiger charge is -2.30. The number of aryl methyl sites for hydroxylation is 1. The molecule has 1 aromatic heterocycles. The van der Waals surface area contributed by atoms with E-state index in [4.69, 9.17) is 4.74 Å². The van der Waals surface area contributed by atoms with Crippen molar-refractivity contribution in [3.8, 4) is 0 Å². The number of hydrogen-bond acceptors (Lipinski definition) is 6. The largest absolute Gasteiger partial charge is 0.452 e. The van der Waals surface area contributed by atoms with E-state index in [1.54, 1.807) is 40.1 Å². The van der Waals surface area contributed by atoms with Crippen LogP contribution < -0.4 is 0 Å². The number of benzene rings is 1. The lowest BCUT2D eigenvalue weighted by atomic mass is 10.2. The maximum Gasteiger partial charge on any atom is 0.339 e. The van der Waals surface area contributed by atoms with Gasteiger partial charge in [-0.15, -0.1) is 23.1 Å². The molecule has 0 fully saturated rings. The number of esters is 1. The maximum absolute atomic E-state index is 12.5. The van der Waals surface area contributed by atoms with Gasteiger partial charge >= 0.3 is 5.97 Å². The summed E-state index contributed by atoms with van der Waals surface area (Å²) in [4.78, 5) is 31.9. The molecule has 0 saturated heterocycles. The molecule has 0 radical (unpaired) electrons. The van der Waals surface area contributed by atoms with E-state index in [1.807, 2.05) is 52.1 Å². The number of rotatable bonds is 8. The highest BCUT2D eigenvalue weighted by atomic mass is 32.2. The minimum absolute atomic E-state index is 0.0561. The van der Waals surface area contributed by atoms with Gasteiger partial charge in [0, 0.05) is 28.1 Å². The Balaban J connectivity index is 2.00. The van der Waals surface area contributed by atoms with Crippen LogP contribution in [0.4, 0.5) is 0 Å². The van der Waals surface area contributed by atoms with E-state index >= 15 is 0 Å². The molecule has 1 heterocycles. The van der Waals surface area contributed by atoms with Crippen LogP contribution in [0.5, 0.6) is 0 Å². The lowest BCUT2D eigenvalue weighted by Crippen LogP contribution is -2.44. The normalized spacial score (nSPS) is 11.1. The zero-order valence-electron chi connectivity index (χ0n) is 16.4. The van der Waals surface area contributed by atoms with Crippen LogP contribution >= 0.6 is 23.1 Å². The third-order valence-corrected chi connectivity index (χ3v) is 5.81. The number of nitrogens with zero attached hydrogens (tertiary/aromatic N) is 2. The van der Waals surface area contributed by atoms with E-state index in [9.17, 15) is 9.59 Å². The number of carbonyl (C=O) groups excluding carboxylic acids is 2. The molecule has 0 aliphatic heterocycles. The number of thiazole rings is 1. The Bertz CT molecular complexity index is 779. The van der Waals surface area contributed by atoms with Crippen LogP contribution in [0.3, 0.4) is 0 Å². The summed E-state index contributed by atoms with van der Waals surface area (Å²) in [5.74, 6) is 0.0204. The number of amides is 1. The first-order valence-corrected chi connectivity index (χ1v) is 10.8. The van der Waals surface area contributed by atoms with Crippen molar-refractivity contribution in [3.05, 3.63) is 45.9 Å². The van der Waals surface area contributed by atoms with Crippen LogP contribution in [-0.2, 0) is 15.3 Å². The molecule has 7 heteroatoms. The first kappa shape index (κ1) is 21.4. The Kier molecular flexibility index (Phi) is 7.86. The third kappa shape index (κ3) is 6.07. The quantitative estimate of drug-likeness (QED) is 0.476. The van der Waals surface area contributed by atoms with Crippen molar-refractivity contribution >= 4 is 35.0 Å². The van der Waals surface area contributed by atoms with E-state index < -0.39 is 5.97 Å². The summed E-state index contributed by atoms with van der Waals surface area (Å²) < 4.78 is 5.31. The summed E-state index contributed by atoms with van der Waals surface area (Å²) in [5, 5.41) is 3.05. The van der Waals surface area contributed by atoms with Crippen molar-refractivity contribution in [1.82, 2.24) is 9.88 Å². The SMILES string of the molecule is Cc1nc(CSc2ccccc2C(=O)OCC(=O)N(C(C)C)C(C)C)cs1. The standard InChI is InChI=1S/C20H26N2O3S2/c1-13(2)22(14(3)4)19(23)10-25-20(24)17-8-6-7-9-18(17)27-12-16-11-26-15(5)21-16/h6-9,11,13-14H,10,12H2,1-5H3. The van der Waals surface area contributed by atoms with E-state index in [0.717, 1.165) is 15.6 Å². The van der Waals surface area contributed by atoms with Crippen LogP contribution in [0.1, 0.15) is 48.8 Å². The van der Waals surface area contributed by atoms with Crippen molar-refractivity contribution in [3.63, 3.8) is 0 Å². The van der Waals surface area contributed by atoms with Crippen molar-refractivity contribution in [2.24, 2.45) is 0 Å². The Morgan fingerprint density at radius 3 is 2.44 bits per heavy atom. The number of thioether (sulfide) groups is 1. The fourth-order valence-corrected chi connectivity index (χ4v) is 4.49. The summed E-state index contributed by atoms with van der Waals surface area (Å²) in [6.45, 7) is 9.52. The van der Waals surface area contributed by atoms with Crippen molar-refractivity contribution < 1.29 is 14.3 Å². The van der Waals surface area contributed by atoms with Crippen LogP contribution in [0, 0.1) is 6.92 Å². The van der Waals surface area contributed by atoms with Gasteiger partial charge in [0.25, 0.3) is 5.91 Å². The molecule has 0 atom stereocenters. The molecular weight excluding hydrogens is 380 g/mol. The topological polar surface area (TPSA) is 59.5 Å². The summed E-state index contributed by atoms with van der Waals surface area (Å²) >= 11 is 3.15. The van der Waals surface area contributed by atoms with Crippen molar-refractivity contribution in [2.75, 3.05) is 6.61 Å². The van der Waals surface area contributed by atoms with E-state index in [1.165, 1.54) is 0 Å². The Morgan fingerprint density at radius 2 is 1.85 bits per heavy atom. The van der Waals surface area contributed by atoms with Gasteiger partial charge < -0.3 is 9.64 Å². The van der Waals surface area contributed by atoms with Gasteiger partial charge in [0.15, 0.2) is 6.61 Å². The average molecular weight is 407 g/mol. The molecule has 146 valence electrons. The minimum Gasteiger partial charge on any atom is -0.452 e. The summed E-state index contributed by atoms with van der Waals surface area (Å²) in [6.07, 6.45) is 0. The molecule has 1 aromatic carbocycles. The molecule has 27 heavy (non-hydrogen) atoms. The van der Waals surface area contributed by atoms with Gasteiger partial charge in [0.05, 0.1) is 16.3 Å². The molecule has 0 spiro atoms. The molecule has 5 nitrogen and oxygen atoms in total. The fraction of sp³-hybridized carbons (Fsp3) is 0.450. The highest BCUT2D eigenvalue weighted by molar-refractivity contribution is 7.98. The van der Waals surface area contributed by atoms with Crippen LogP contribution in [0.15, 0.2) is 34.5 Å². The predicted octanol–water partition coefficient (Wildman–Crippen LogP) is 4.55. The van der Waals surface area contributed by atoms with Gasteiger partial charge in [-0.2, -0.15) is 0 Å². The number of carbonyl (C=O) groups is 2. The molecule has 0 saturated carbocycles. The highest BCUT2D eigenvalue weighted by Crippen LogP contribution is 2.27. The average Bonchev–Trinajstić information content (AvgIpc) is 3.03. The second-order valence-electron chi connectivity index (χ2n) is 6.71. The molecule has 0 aliphatic carbocycles. The number of ether oxygens (including phenoxy) is 1. The van der Waals surface area contributed by atoms with E-state index in [-0.39, 0.29) is 24.6 Å². The molecular formula is C20H26N2O3S2. The Hall–Kier alpha value is -1.86. The number of aromatic nitrogens is 1. The monoisotopic (exact) mass is 406 g/mol. The van der Waals surface area contributed by atoms with Crippen LogP contribution in [-0.4, -0.2) is 40.5 Å². The summed E-state index contributed by atoms with van der Waals surface area (Å²) in [6, 6.07) is 7.40. The highest BCUT2D eigenvalue weighted by Gasteiger charge is 2.22. The molecule has 0 bridgehead atoms. The molecule has 1 amide bonds. The summed E-state index contributed by atoms with van der Waals surface area (Å²) in [5.41, 5.74) is 1.47. The van der Waals surface area contributed by atoms with Crippen molar-refractivity contribution in [2.45, 2.75) is 57.4 Å². The molecule has 2 aromatic rings. The third-order valence-electron chi connectivity index (χ3n) is 3.88. The summed E-state index contributed by atoms with van der Waals surface area (Å²) in [7, 11) is 0. The zero-order chi connectivity index (χ0) is 20.0. The molecule has 0 N–H and O–H groups in total. The van der Waals surface area contributed by atoms with Crippen molar-refractivity contribution in [1.29, 1.82) is 0 Å². The predicted molar refractivity (Wildman–Crippen MR) is 110 cm³/mol. The van der Waals surface area contributed by atoms with Gasteiger partial charge in [0.2, 0.25) is 0 Å². The first-order valence-electron chi connectivity index (χ1n) is 8.90. The minimum atomic E-state index is -0.478. The second kappa shape index (κ2) is 9.90. The smallest absolute Gasteiger partial charge is 0.339 e. The second-order valence-corrected chi connectivity index (χ2v) is 8.79. The number of hydrogen-bond donors (Lipinski definition) is 0. The first-order chi connectivity index (χ1) is 12.8. The van der Waals surface area contributed by atoms with Gasteiger partial charge in [0.1, 0.15) is 0 Å². The molecule has 0 unspecified atom stereocenters. The lowest BCUT2D eigenvalue weighted by molar-refractivity contribution is -0.138. The maximum atomic E-state index is 12.5. The van der Waals surface area contributed by atoms with Crippen LogP contribution in [0.25, 0.3) is 0 Å². The van der Waals surface area contributed by atoms with Gasteiger partial charge in [-0.05, 0) is 46.8 Å². The zero-order valence-corrected chi connectivity index (χ0v) is 18.0. The molecule has 2 rings (SSSR count). The Labute approximate surface area is 169 Å². The van der Waals surface area contributed by atoms with Gasteiger partial charge in [-0.25, -0.2) is 9.78 Å². The van der Waals surface area contributed by atoms with Crippen LogP contribution in [0.2, 0.25) is 0 Å². The molecule has 0 aliphatic rings. The van der Waals surface area contributed by atoms with Gasteiger partial charge in [-0.3, -0.25) is 4.79 Å². The van der Waals surface area contributed by atoms with Gasteiger partial charge in [-0.1, -0.05) is 12.1 Å². The Morgan fingerprint density at radius 1 is 1.19 bits per heavy atom.